The highest BCUT2D eigenvalue weighted by Crippen LogP contribution is 2.49. The summed E-state index contributed by atoms with van der Waals surface area (Å²) in [6.07, 6.45) is 7.18. The Labute approximate surface area is 193 Å². The topological polar surface area (TPSA) is 0 Å². The smallest absolute Gasteiger partial charge is 0.00576 e. The maximum absolute atomic E-state index is 2.51. The van der Waals surface area contributed by atoms with Crippen LogP contribution in [0.25, 0.3) is 22.3 Å². The molecule has 2 aliphatic carbocycles. The van der Waals surface area contributed by atoms with Gasteiger partial charge in [0.15, 0.2) is 0 Å². The van der Waals surface area contributed by atoms with E-state index in [0.29, 0.717) is 11.8 Å². The molecule has 32 heavy (non-hydrogen) atoms. The number of rotatable bonds is 4. The lowest BCUT2D eigenvalue weighted by molar-refractivity contribution is 0.516. The Bertz CT molecular complexity index is 1210. The standard InChI is InChI=1S/C32H34/c1-6-25(29-20-24(18-21(29)2)32(3,4)5)28-17-16-27(22-12-8-7-9-13-22)31-26-15-11-10-14-23(26)19-30(28)31/h7-18,20-21,25H,6,19H2,1-5H3. The van der Waals surface area contributed by atoms with Crippen molar-refractivity contribution < 1.29 is 0 Å². The van der Waals surface area contributed by atoms with E-state index >= 15 is 0 Å². The van der Waals surface area contributed by atoms with Gasteiger partial charge in [0.1, 0.15) is 0 Å². The third kappa shape index (κ3) is 3.47. The summed E-state index contributed by atoms with van der Waals surface area (Å²) in [6.45, 7) is 11.7. The lowest BCUT2D eigenvalue weighted by Crippen LogP contribution is -2.09. The van der Waals surface area contributed by atoms with Gasteiger partial charge in [-0.25, -0.2) is 0 Å². The third-order valence-corrected chi connectivity index (χ3v) is 7.42. The molecule has 0 fully saturated rings. The van der Waals surface area contributed by atoms with E-state index < -0.39 is 0 Å². The molecule has 2 unspecified atom stereocenters. The number of hydrogen-bond donors (Lipinski definition) is 0. The van der Waals surface area contributed by atoms with Crippen molar-refractivity contribution in [2.75, 3.05) is 0 Å². The van der Waals surface area contributed by atoms with Crippen LogP contribution >= 0.6 is 0 Å². The minimum absolute atomic E-state index is 0.198. The second-order valence-electron chi connectivity index (χ2n) is 10.5. The van der Waals surface area contributed by atoms with Crippen LogP contribution < -0.4 is 0 Å². The minimum atomic E-state index is 0.198. The van der Waals surface area contributed by atoms with Crippen LogP contribution in [0, 0.1) is 11.3 Å². The molecule has 3 aromatic carbocycles. The summed E-state index contributed by atoms with van der Waals surface area (Å²) < 4.78 is 0. The molecule has 0 amide bonds. The molecule has 0 aromatic heterocycles. The van der Waals surface area contributed by atoms with Gasteiger partial charge < -0.3 is 0 Å². The molecule has 0 saturated heterocycles. The zero-order chi connectivity index (χ0) is 22.5. The van der Waals surface area contributed by atoms with Gasteiger partial charge in [0.05, 0.1) is 0 Å². The molecule has 2 aliphatic rings. The molecule has 0 saturated carbocycles. The molecule has 0 aliphatic heterocycles. The van der Waals surface area contributed by atoms with Gasteiger partial charge >= 0.3 is 0 Å². The molecule has 5 rings (SSSR count). The van der Waals surface area contributed by atoms with Gasteiger partial charge in [0.25, 0.3) is 0 Å². The molecule has 0 nitrogen and oxygen atoms in total. The number of allylic oxidation sites excluding steroid dienone is 4. The van der Waals surface area contributed by atoms with E-state index in [2.05, 4.69) is 114 Å². The van der Waals surface area contributed by atoms with Crippen LogP contribution in [0.2, 0.25) is 0 Å². The Morgan fingerprint density at radius 2 is 1.59 bits per heavy atom. The second-order valence-corrected chi connectivity index (χ2v) is 10.5. The summed E-state index contributed by atoms with van der Waals surface area (Å²) in [6, 6.07) is 24.7. The van der Waals surface area contributed by atoms with Crippen LogP contribution in [0.15, 0.2) is 90.0 Å². The predicted molar refractivity (Wildman–Crippen MR) is 138 cm³/mol. The summed E-state index contributed by atoms with van der Waals surface area (Å²) in [5.74, 6) is 0.969. The number of benzene rings is 3. The van der Waals surface area contributed by atoms with Crippen molar-refractivity contribution in [2.24, 2.45) is 11.3 Å². The molecule has 0 radical (unpaired) electrons. The molecule has 0 heteroatoms. The van der Waals surface area contributed by atoms with Crippen molar-refractivity contribution in [3.8, 4) is 22.3 Å². The summed E-state index contributed by atoms with van der Waals surface area (Å²) >= 11 is 0. The van der Waals surface area contributed by atoms with E-state index in [0.717, 1.165) is 12.8 Å². The van der Waals surface area contributed by atoms with E-state index in [9.17, 15) is 0 Å². The average Bonchev–Trinajstić information content (AvgIpc) is 3.36. The Morgan fingerprint density at radius 3 is 2.28 bits per heavy atom. The van der Waals surface area contributed by atoms with Crippen LogP contribution in [0.5, 0.6) is 0 Å². The molecule has 0 spiro atoms. The van der Waals surface area contributed by atoms with Crippen molar-refractivity contribution in [2.45, 2.75) is 53.4 Å². The molecule has 0 N–H and O–H groups in total. The largest absolute Gasteiger partial charge is 0.0738 e. The molecule has 162 valence electrons. The van der Waals surface area contributed by atoms with Crippen LogP contribution in [0.1, 0.15) is 63.6 Å². The van der Waals surface area contributed by atoms with E-state index in [1.54, 1.807) is 5.57 Å². The van der Waals surface area contributed by atoms with Crippen LogP contribution in [-0.2, 0) is 6.42 Å². The first-order valence-corrected chi connectivity index (χ1v) is 12.1. The lowest BCUT2D eigenvalue weighted by atomic mass is 9.79. The lowest BCUT2D eigenvalue weighted by Gasteiger charge is -2.25. The highest BCUT2D eigenvalue weighted by Gasteiger charge is 2.32. The average molecular weight is 419 g/mol. The summed E-state index contributed by atoms with van der Waals surface area (Å²) in [4.78, 5) is 0. The fraction of sp³-hybridized carbons (Fsp3) is 0.312. The third-order valence-electron chi connectivity index (χ3n) is 7.42. The zero-order valence-electron chi connectivity index (χ0n) is 20.1. The maximum Gasteiger partial charge on any atom is 0.00576 e. The van der Waals surface area contributed by atoms with Gasteiger partial charge in [0, 0.05) is 5.92 Å². The highest BCUT2D eigenvalue weighted by molar-refractivity contribution is 5.91. The van der Waals surface area contributed by atoms with Crippen molar-refractivity contribution in [3.63, 3.8) is 0 Å². The van der Waals surface area contributed by atoms with Crippen LogP contribution in [-0.4, -0.2) is 0 Å². The van der Waals surface area contributed by atoms with Gasteiger partial charge in [-0.3, -0.25) is 0 Å². The Kier molecular flexibility index (Phi) is 5.20. The quantitative estimate of drug-likeness (QED) is 0.310. The minimum Gasteiger partial charge on any atom is -0.0738 e. The monoisotopic (exact) mass is 418 g/mol. The molecule has 0 bridgehead atoms. The summed E-state index contributed by atoms with van der Waals surface area (Å²) in [5, 5.41) is 0. The first-order chi connectivity index (χ1) is 15.4. The predicted octanol–water partition coefficient (Wildman–Crippen LogP) is 8.97. The molecule has 2 atom stereocenters. The molecule has 0 heterocycles. The number of hydrogen-bond acceptors (Lipinski definition) is 0. The van der Waals surface area contributed by atoms with E-state index in [4.69, 9.17) is 0 Å². The SMILES string of the molecule is CCC(C1=CC(C(C)(C)C)=CC1C)c1ccc(-c2ccccc2)c2c1Cc1ccccc1-2. The molecule has 3 aromatic rings. The van der Waals surface area contributed by atoms with Crippen molar-refractivity contribution >= 4 is 0 Å². The van der Waals surface area contributed by atoms with E-state index in [1.807, 2.05) is 0 Å². The van der Waals surface area contributed by atoms with Gasteiger partial charge in [0.2, 0.25) is 0 Å². The van der Waals surface area contributed by atoms with E-state index in [1.165, 1.54) is 44.5 Å². The molecular weight excluding hydrogens is 384 g/mol. The van der Waals surface area contributed by atoms with Crippen LogP contribution in [0.4, 0.5) is 0 Å². The van der Waals surface area contributed by atoms with Crippen molar-refractivity contribution in [3.05, 3.63) is 107 Å². The fourth-order valence-corrected chi connectivity index (χ4v) is 5.70. The highest BCUT2D eigenvalue weighted by atomic mass is 14.4. The van der Waals surface area contributed by atoms with Crippen molar-refractivity contribution in [1.29, 1.82) is 0 Å². The Morgan fingerprint density at radius 1 is 0.875 bits per heavy atom. The van der Waals surface area contributed by atoms with Gasteiger partial charge in [-0.05, 0) is 68.7 Å². The van der Waals surface area contributed by atoms with Gasteiger partial charge in [-0.15, -0.1) is 0 Å². The Balaban J connectivity index is 1.67. The van der Waals surface area contributed by atoms with Gasteiger partial charge in [-0.1, -0.05) is 119 Å². The fourth-order valence-electron chi connectivity index (χ4n) is 5.70. The normalized spacial score (nSPS) is 18.1. The number of fused-ring (bicyclic) bond motifs is 3. The Hall–Kier alpha value is -2.86. The van der Waals surface area contributed by atoms with Gasteiger partial charge in [-0.2, -0.15) is 0 Å². The maximum atomic E-state index is 2.51. The zero-order valence-corrected chi connectivity index (χ0v) is 20.1. The summed E-state index contributed by atoms with van der Waals surface area (Å²) in [5.41, 5.74) is 13.3. The van der Waals surface area contributed by atoms with Crippen LogP contribution in [0.3, 0.4) is 0 Å². The van der Waals surface area contributed by atoms with E-state index in [-0.39, 0.29) is 5.41 Å². The summed E-state index contributed by atoms with van der Waals surface area (Å²) in [7, 11) is 0. The first kappa shape index (κ1) is 21.0. The molecular formula is C32H34. The van der Waals surface area contributed by atoms with Crippen molar-refractivity contribution in [1.82, 2.24) is 0 Å². The second kappa shape index (κ2) is 7.93. The first-order valence-electron chi connectivity index (χ1n) is 12.1.